The highest BCUT2D eigenvalue weighted by molar-refractivity contribution is 9.10. The van der Waals surface area contributed by atoms with Gasteiger partial charge in [0, 0.05) is 28.9 Å². The van der Waals surface area contributed by atoms with E-state index in [0.717, 1.165) is 27.8 Å². The van der Waals surface area contributed by atoms with Crippen LogP contribution in [-0.4, -0.2) is 31.7 Å². The molecule has 2 aliphatic heterocycles. The van der Waals surface area contributed by atoms with Gasteiger partial charge in [-0.3, -0.25) is 4.79 Å². The summed E-state index contributed by atoms with van der Waals surface area (Å²) in [5.74, 6) is -0.0382. The number of carbonyl (C=O) groups is 1. The minimum atomic E-state index is -3.72. The lowest BCUT2D eigenvalue weighted by molar-refractivity contribution is -0.118. The fourth-order valence-electron chi connectivity index (χ4n) is 4.03. The van der Waals surface area contributed by atoms with Crippen LogP contribution in [0, 0.1) is 0 Å². The molecule has 0 bridgehead atoms. The van der Waals surface area contributed by atoms with Gasteiger partial charge in [-0.05, 0) is 48.4 Å². The fraction of sp³-hybridized carbons (Fsp3) is 0.421. The highest BCUT2D eigenvalue weighted by Gasteiger charge is 2.40. The van der Waals surface area contributed by atoms with E-state index in [4.69, 9.17) is 0 Å². The lowest BCUT2D eigenvalue weighted by Gasteiger charge is -2.26. The number of amides is 1. The van der Waals surface area contributed by atoms with Crippen LogP contribution in [0.1, 0.15) is 42.7 Å². The molecule has 0 unspecified atom stereocenters. The van der Waals surface area contributed by atoms with Crippen LogP contribution in [0.2, 0.25) is 0 Å². The Balaban J connectivity index is 1.82. The number of nitrogens with zero attached hydrogens (tertiary/aromatic N) is 2. The van der Waals surface area contributed by atoms with E-state index >= 15 is 0 Å². The van der Waals surface area contributed by atoms with E-state index in [1.54, 1.807) is 33.5 Å². The first-order valence-electron chi connectivity index (χ1n) is 9.11. The van der Waals surface area contributed by atoms with E-state index in [0.29, 0.717) is 31.6 Å². The Kier molecular flexibility index (Phi) is 5.18. The van der Waals surface area contributed by atoms with Crippen molar-refractivity contribution < 1.29 is 13.2 Å². The predicted octanol–water partition coefficient (Wildman–Crippen LogP) is 4.34. The maximum absolute atomic E-state index is 13.7. The normalized spacial score (nSPS) is 20.2. The van der Waals surface area contributed by atoms with Crippen LogP contribution < -0.4 is 4.90 Å². The third-order valence-corrected chi connectivity index (χ3v) is 8.61. The van der Waals surface area contributed by atoms with Gasteiger partial charge in [0.1, 0.15) is 4.90 Å². The van der Waals surface area contributed by atoms with Crippen molar-refractivity contribution in [3.63, 3.8) is 0 Å². The van der Waals surface area contributed by atoms with Gasteiger partial charge in [0.05, 0.1) is 11.7 Å². The molecule has 1 aromatic heterocycles. The summed E-state index contributed by atoms with van der Waals surface area (Å²) in [6.45, 7) is 2.85. The van der Waals surface area contributed by atoms with E-state index in [1.165, 1.54) is 0 Å². The van der Waals surface area contributed by atoms with Crippen LogP contribution in [-0.2, 0) is 21.2 Å². The second-order valence-electron chi connectivity index (χ2n) is 6.85. The predicted molar refractivity (Wildman–Crippen MR) is 111 cm³/mol. The molecule has 1 fully saturated rings. The highest BCUT2D eigenvalue weighted by atomic mass is 79.9. The number of anilines is 1. The zero-order valence-electron chi connectivity index (χ0n) is 15.0. The van der Waals surface area contributed by atoms with Crippen molar-refractivity contribution >= 4 is 48.9 Å². The van der Waals surface area contributed by atoms with Crippen molar-refractivity contribution in [3.8, 4) is 0 Å². The molecular formula is C19H21BrN2O3S2. The summed E-state index contributed by atoms with van der Waals surface area (Å²) in [7, 11) is -3.72. The number of halogens is 1. The average molecular weight is 469 g/mol. The first-order valence-corrected chi connectivity index (χ1v) is 12.2. The number of hydrogen-bond donors (Lipinski definition) is 0. The molecule has 5 nitrogen and oxygen atoms in total. The van der Waals surface area contributed by atoms with E-state index in [9.17, 15) is 13.2 Å². The van der Waals surface area contributed by atoms with E-state index in [2.05, 4.69) is 15.9 Å². The first-order chi connectivity index (χ1) is 12.9. The number of fused-ring (bicyclic) bond motifs is 1. The molecule has 144 valence electrons. The molecule has 0 aliphatic carbocycles. The summed E-state index contributed by atoms with van der Waals surface area (Å²) in [4.78, 5) is 15.4. The van der Waals surface area contributed by atoms with Gasteiger partial charge in [-0.25, -0.2) is 8.42 Å². The minimum absolute atomic E-state index is 0.0382. The number of hydrogen-bond acceptors (Lipinski definition) is 4. The van der Waals surface area contributed by atoms with Crippen molar-refractivity contribution in [2.24, 2.45) is 0 Å². The summed E-state index contributed by atoms with van der Waals surface area (Å²) < 4.78 is 29.7. The van der Waals surface area contributed by atoms with Crippen molar-refractivity contribution in [2.75, 3.05) is 18.0 Å². The molecule has 3 heterocycles. The lowest BCUT2D eigenvalue weighted by Crippen LogP contribution is -2.33. The summed E-state index contributed by atoms with van der Waals surface area (Å²) in [6, 6.07) is 7.42. The molecule has 0 radical (unpaired) electrons. The molecule has 4 rings (SSSR count). The smallest absolute Gasteiger partial charge is 0.245 e. The first kappa shape index (κ1) is 19.1. The third kappa shape index (κ3) is 3.26. The number of sulfonamides is 1. The molecule has 0 spiro atoms. The van der Waals surface area contributed by atoms with E-state index in [1.807, 2.05) is 23.6 Å². The van der Waals surface area contributed by atoms with Crippen molar-refractivity contribution in [3.05, 3.63) is 44.6 Å². The summed E-state index contributed by atoms with van der Waals surface area (Å²) in [6.07, 6.45) is 2.71. The van der Waals surface area contributed by atoms with Gasteiger partial charge in [-0.15, -0.1) is 11.3 Å². The third-order valence-electron chi connectivity index (χ3n) is 5.26. The van der Waals surface area contributed by atoms with Crippen LogP contribution in [0.4, 0.5) is 5.69 Å². The molecule has 2 aliphatic rings. The largest absolute Gasteiger partial charge is 0.310 e. The van der Waals surface area contributed by atoms with Gasteiger partial charge >= 0.3 is 0 Å². The van der Waals surface area contributed by atoms with Gasteiger partial charge < -0.3 is 4.90 Å². The maximum atomic E-state index is 13.7. The topological polar surface area (TPSA) is 57.7 Å². The Bertz CT molecular complexity index is 973. The van der Waals surface area contributed by atoms with Crippen LogP contribution in [0.3, 0.4) is 0 Å². The second-order valence-corrected chi connectivity index (χ2v) is 10.6. The van der Waals surface area contributed by atoms with Gasteiger partial charge in [-0.2, -0.15) is 4.31 Å². The monoisotopic (exact) mass is 468 g/mol. The SMILES string of the molecule is CCC(=O)N1CCc2cc(Br)cc(S(=O)(=O)N3CCC[C@H]3c3cccs3)c21. The summed E-state index contributed by atoms with van der Waals surface area (Å²) in [5, 5.41) is 1.98. The Labute approximate surface area is 172 Å². The molecule has 8 heteroatoms. The Morgan fingerprint density at radius 3 is 2.85 bits per heavy atom. The average Bonchev–Trinajstić information content (AvgIpc) is 3.38. The van der Waals surface area contributed by atoms with Crippen molar-refractivity contribution in [1.82, 2.24) is 4.31 Å². The van der Waals surface area contributed by atoms with Crippen LogP contribution in [0.25, 0.3) is 0 Å². The van der Waals surface area contributed by atoms with Gasteiger partial charge in [-0.1, -0.05) is 28.9 Å². The Morgan fingerprint density at radius 2 is 2.15 bits per heavy atom. The Hall–Kier alpha value is -1.22. The minimum Gasteiger partial charge on any atom is -0.310 e. The zero-order valence-corrected chi connectivity index (χ0v) is 18.2. The van der Waals surface area contributed by atoms with Crippen LogP contribution >= 0.6 is 27.3 Å². The standard InChI is InChI=1S/C19H21BrN2O3S2/c1-2-18(23)21-9-7-13-11-14(20)12-17(19(13)21)27(24,25)22-8-3-5-15(22)16-6-4-10-26-16/h4,6,10-12,15H,2-3,5,7-9H2,1H3/t15-/m0/s1. The number of carbonyl (C=O) groups excluding carboxylic acids is 1. The van der Waals surface area contributed by atoms with Crippen molar-refractivity contribution in [2.45, 2.75) is 43.5 Å². The molecule has 0 N–H and O–H groups in total. The molecule has 2 aromatic rings. The highest BCUT2D eigenvalue weighted by Crippen LogP contribution is 2.43. The maximum Gasteiger partial charge on any atom is 0.245 e. The molecule has 1 aromatic carbocycles. The van der Waals surface area contributed by atoms with E-state index < -0.39 is 10.0 Å². The van der Waals surface area contributed by atoms with E-state index in [-0.39, 0.29) is 16.8 Å². The van der Waals surface area contributed by atoms with Gasteiger partial charge in [0.25, 0.3) is 0 Å². The lowest BCUT2D eigenvalue weighted by atomic mass is 10.2. The second kappa shape index (κ2) is 7.31. The molecule has 1 atom stereocenters. The molecule has 0 saturated carbocycles. The molecular weight excluding hydrogens is 448 g/mol. The van der Waals surface area contributed by atoms with Crippen LogP contribution in [0.5, 0.6) is 0 Å². The summed E-state index contributed by atoms with van der Waals surface area (Å²) >= 11 is 5.05. The van der Waals surface area contributed by atoms with Gasteiger partial charge in [0.2, 0.25) is 15.9 Å². The molecule has 27 heavy (non-hydrogen) atoms. The zero-order chi connectivity index (χ0) is 19.2. The van der Waals surface area contributed by atoms with Gasteiger partial charge in [0.15, 0.2) is 0 Å². The molecule has 1 amide bonds. The fourth-order valence-corrected chi connectivity index (χ4v) is 7.56. The van der Waals surface area contributed by atoms with Crippen LogP contribution in [0.15, 0.2) is 39.0 Å². The number of rotatable bonds is 4. The van der Waals surface area contributed by atoms with Crippen molar-refractivity contribution in [1.29, 1.82) is 0 Å². The molecule has 1 saturated heterocycles. The summed E-state index contributed by atoms with van der Waals surface area (Å²) in [5.41, 5.74) is 1.48. The Morgan fingerprint density at radius 1 is 1.33 bits per heavy atom. The number of thiophene rings is 1. The quantitative estimate of drug-likeness (QED) is 0.670. The number of benzene rings is 1.